The molecule has 210 valence electrons. The second-order valence-electron chi connectivity index (χ2n) is 9.13. The zero-order valence-electron chi connectivity index (χ0n) is 21.8. The Bertz CT molecular complexity index is 1210. The summed E-state index contributed by atoms with van der Waals surface area (Å²) in [7, 11) is -3.92. The molecule has 0 spiro atoms. The zero-order valence-corrected chi connectivity index (χ0v) is 24.2. The number of rotatable bonds is 12. The standard InChI is InChI=1S/C26H33BrF3N3O4S/c1-5-18(2)31-25(35)19(3)32(17-20-11-13-22(27)14-12-20)24(34)10-7-15-33(38(4,36)37)23-9-6-8-21(16-23)26(28,29)30/h6,8-9,11-14,16,18-19H,5,7,10,15,17H2,1-4H3,(H,31,35)/t18-,19-/m0/s1. The van der Waals surface area contributed by atoms with Crippen molar-refractivity contribution in [1.82, 2.24) is 10.2 Å². The molecule has 0 saturated carbocycles. The van der Waals surface area contributed by atoms with Crippen molar-refractivity contribution in [3.05, 3.63) is 64.1 Å². The van der Waals surface area contributed by atoms with E-state index in [1.807, 2.05) is 38.1 Å². The van der Waals surface area contributed by atoms with Gasteiger partial charge in [0.05, 0.1) is 17.5 Å². The summed E-state index contributed by atoms with van der Waals surface area (Å²) in [6.45, 7) is 5.37. The highest BCUT2D eigenvalue weighted by molar-refractivity contribution is 9.10. The molecule has 2 atom stereocenters. The lowest BCUT2D eigenvalue weighted by Crippen LogP contribution is -2.49. The van der Waals surface area contributed by atoms with Crippen molar-refractivity contribution in [3.8, 4) is 0 Å². The summed E-state index contributed by atoms with van der Waals surface area (Å²) >= 11 is 3.37. The molecule has 0 aromatic heterocycles. The fourth-order valence-electron chi connectivity index (χ4n) is 3.68. The number of halogens is 4. The Morgan fingerprint density at radius 3 is 2.26 bits per heavy atom. The predicted octanol–water partition coefficient (Wildman–Crippen LogP) is 5.35. The zero-order chi connectivity index (χ0) is 28.7. The smallest absolute Gasteiger partial charge is 0.352 e. The molecule has 0 radical (unpaired) electrons. The van der Waals surface area contributed by atoms with Crippen LogP contribution in [0.4, 0.5) is 18.9 Å². The van der Waals surface area contributed by atoms with E-state index >= 15 is 0 Å². The van der Waals surface area contributed by atoms with Crippen molar-refractivity contribution in [2.75, 3.05) is 17.1 Å². The predicted molar refractivity (Wildman–Crippen MR) is 145 cm³/mol. The Labute approximate surface area is 230 Å². The number of amides is 2. The van der Waals surface area contributed by atoms with E-state index in [-0.39, 0.29) is 49.5 Å². The third-order valence-corrected chi connectivity index (χ3v) is 7.77. The summed E-state index contributed by atoms with van der Waals surface area (Å²) in [5, 5.41) is 2.87. The molecule has 7 nitrogen and oxygen atoms in total. The fraction of sp³-hybridized carbons (Fsp3) is 0.462. The third kappa shape index (κ3) is 9.30. The summed E-state index contributed by atoms with van der Waals surface area (Å²) < 4.78 is 66.0. The highest BCUT2D eigenvalue weighted by Crippen LogP contribution is 2.32. The van der Waals surface area contributed by atoms with Gasteiger partial charge >= 0.3 is 6.18 Å². The van der Waals surface area contributed by atoms with E-state index in [0.717, 1.165) is 45.2 Å². The Hall–Kier alpha value is -2.60. The van der Waals surface area contributed by atoms with Crippen LogP contribution < -0.4 is 9.62 Å². The Morgan fingerprint density at radius 1 is 1.08 bits per heavy atom. The van der Waals surface area contributed by atoms with Crippen molar-refractivity contribution < 1.29 is 31.2 Å². The van der Waals surface area contributed by atoms with Crippen LogP contribution >= 0.6 is 15.9 Å². The van der Waals surface area contributed by atoms with Crippen molar-refractivity contribution >= 4 is 43.5 Å². The molecule has 12 heteroatoms. The van der Waals surface area contributed by atoms with Crippen LogP contribution in [0.5, 0.6) is 0 Å². The van der Waals surface area contributed by atoms with E-state index in [1.54, 1.807) is 6.92 Å². The van der Waals surface area contributed by atoms with Gasteiger partial charge in [0.2, 0.25) is 21.8 Å². The summed E-state index contributed by atoms with van der Waals surface area (Å²) in [4.78, 5) is 27.5. The molecule has 2 aromatic carbocycles. The molecule has 0 aliphatic rings. The minimum absolute atomic E-state index is 0.0404. The number of anilines is 1. The molecular weight excluding hydrogens is 587 g/mol. The van der Waals surface area contributed by atoms with Gasteiger partial charge in [-0.3, -0.25) is 13.9 Å². The quantitative estimate of drug-likeness (QED) is 0.347. The number of sulfonamides is 1. The highest BCUT2D eigenvalue weighted by atomic mass is 79.9. The van der Waals surface area contributed by atoms with E-state index in [2.05, 4.69) is 21.2 Å². The number of alkyl halides is 3. The first-order chi connectivity index (χ1) is 17.6. The molecule has 2 rings (SSSR count). The van der Waals surface area contributed by atoms with Crippen molar-refractivity contribution in [2.24, 2.45) is 0 Å². The average Bonchev–Trinajstić information content (AvgIpc) is 2.84. The summed E-state index contributed by atoms with van der Waals surface area (Å²) in [6.07, 6.45) is -3.08. The van der Waals surface area contributed by atoms with Gasteiger partial charge in [-0.05, 0) is 62.6 Å². The highest BCUT2D eigenvalue weighted by Gasteiger charge is 2.32. The molecule has 2 amide bonds. The van der Waals surface area contributed by atoms with Gasteiger partial charge in [0.1, 0.15) is 6.04 Å². The average molecular weight is 621 g/mol. The fourth-order valence-corrected chi connectivity index (χ4v) is 4.90. The van der Waals surface area contributed by atoms with Crippen molar-refractivity contribution in [2.45, 2.75) is 64.8 Å². The van der Waals surface area contributed by atoms with E-state index < -0.39 is 27.8 Å². The maximum Gasteiger partial charge on any atom is 0.416 e. The third-order valence-electron chi connectivity index (χ3n) is 6.05. The molecule has 0 aliphatic carbocycles. The molecule has 0 unspecified atom stereocenters. The number of hydrogen-bond acceptors (Lipinski definition) is 4. The first kappa shape index (κ1) is 31.6. The van der Waals surface area contributed by atoms with Crippen molar-refractivity contribution in [3.63, 3.8) is 0 Å². The van der Waals surface area contributed by atoms with Gasteiger partial charge in [-0.2, -0.15) is 13.2 Å². The summed E-state index contributed by atoms with van der Waals surface area (Å²) in [5.41, 5.74) is -0.309. The van der Waals surface area contributed by atoms with Crippen LogP contribution in [0.25, 0.3) is 0 Å². The maximum atomic E-state index is 13.3. The van der Waals surface area contributed by atoms with Crippen LogP contribution in [0.15, 0.2) is 53.0 Å². The van der Waals surface area contributed by atoms with Gasteiger partial charge in [0, 0.05) is 30.0 Å². The lowest BCUT2D eigenvalue weighted by Gasteiger charge is -2.30. The van der Waals surface area contributed by atoms with E-state index in [9.17, 15) is 31.2 Å². The lowest BCUT2D eigenvalue weighted by molar-refractivity contribution is -0.140. The monoisotopic (exact) mass is 619 g/mol. The van der Waals surface area contributed by atoms with Crippen LogP contribution in [-0.4, -0.2) is 50.0 Å². The first-order valence-electron chi connectivity index (χ1n) is 12.1. The van der Waals surface area contributed by atoms with E-state index in [0.29, 0.717) is 0 Å². The Morgan fingerprint density at radius 2 is 1.71 bits per heavy atom. The second-order valence-corrected chi connectivity index (χ2v) is 12.0. The van der Waals surface area contributed by atoms with Crippen molar-refractivity contribution in [1.29, 1.82) is 0 Å². The molecule has 0 fully saturated rings. The Kier molecular flexibility index (Phi) is 11.2. The summed E-state index contributed by atoms with van der Waals surface area (Å²) in [6, 6.07) is 10.5. The minimum Gasteiger partial charge on any atom is -0.352 e. The van der Waals surface area contributed by atoms with Crippen LogP contribution in [-0.2, 0) is 32.3 Å². The second kappa shape index (κ2) is 13.5. The van der Waals surface area contributed by atoms with E-state index in [4.69, 9.17) is 0 Å². The normalized spacial score (nSPS) is 13.5. The number of hydrogen-bond donors (Lipinski definition) is 1. The number of nitrogens with zero attached hydrogens (tertiary/aromatic N) is 2. The molecule has 38 heavy (non-hydrogen) atoms. The van der Waals surface area contributed by atoms with Gasteiger partial charge in [0.15, 0.2) is 0 Å². The van der Waals surface area contributed by atoms with Gasteiger partial charge in [-0.25, -0.2) is 8.42 Å². The SMILES string of the molecule is CC[C@H](C)NC(=O)[C@H](C)N(Cc1ccc(Br)cc1)C(=O)CCCN(c1cccc(C(F)(F)F)c1)S(C)(=O)=O. The lowest BCUT2D eigenvalue weighted by atomic mass is 10.1. The maximum absolute atomic E-state index is 13.3. The molecule has 0 heterocycles. The van der Waals surface area contributed by atoms with Gasteiger partial charge in [0.25, 0.3) is 0 Å². The van der Waals surface area contributed by atoms with Gasteiger partial charge < -0.3 is 10.2 Å². The van der Waals surface area contributed by atoms with Gasteiger partial charge in [-0.1, -0.05) is 41.1 Å². The number of nitrogens with one attached hydrogen (secondary N) is 1. The molecule has 0 aliphatic heterocycles. The summed E-state index contributed by atoms with van der Waals surface area (Å²) in [5.74, 6) is -0.691. The first-order valence-corrected chi connectivity index (χ1v) is 14.8. The van der Waals surface area contributed by atoms with Gasteiger partial charge in [-0.15, -0.1) is 0 Å². The number of carbonyl (C=O) groups is 2. The van der Waals surface area contributed by atoms with Crippen LogP contribution in [0, 0.1) is 0 Å². The Balaban J connectivity index is 2.21. The van der Waals surface area contributed by atoms with Crippen LogP contribution in [0.2, 0.25) is 0 Å². The molecule has 0 saturated heterocycles. The molecule has 0 bridgehead atoms. The minimum atomic E-state index is -4.63. The van der Waals surface area contributed by atoms with E-state index in [1.165, 1.54) is 11.0 Å². The molecule has 1 N–H and O–H groups in total. The molecular formula is C26H33BrF3N3O4S. The topological polar surface area (TPSA) is 86.8 Å². The number of benzene rings is 2. The van der Waals surface area contributed by atoms with Crippen LogP contribution in [0.3, 0.4) is 0 Å². The number of carbonyl (C=O) groups excluding carboxylic acids is 2. The largest absolute Gasteiger partial charge is 0.416 e. The van der Waals surface area contributed by atoms with Crippen LogP contribution in [0.1, 0.15) is 51.2 Å². The molecule has 2 aromatic rings.